The molecule has 1 atom stereocenters. The average molecular weight is 312 g/mol. The molecule has 2 rings (SSSR count). The summed E-state index contributed by atoms with van der Waals surface area (Å²) in [6.07, 6.45) is -7.76. The number of nitrogens with zero attached hydrogens (tertiary/aromatic N) is 1. The highest BCUT2D eigenvalue weighted by atomic mass is 19.4. The van der Waals surface area contributed by atoms with Crippen LogP contribution in [0.4, 0.5) is 26.3 Å². The Bertz CT molecular complexity index is 482. The first-order chi connectivity index (χ1) is 9.80. The van der Waals surface area contributed by atoms with E-state index < -0.39 is 30.0 Å². The first-order valence-electron chi connectivity index (χ1n) is 6.40. The summed E-state index contributed by atoms with van der Waals surface area (Å²) in [6.45, 7) is 1.56. The van der Waals surface area contributed by atoms with Crippen LogP contribution in [0.2, 0.25) is 0 Å². The summed E-state index contributed by atoms with van der Waals surface area (Å²) in [5.74, 6) is -1.46. The lowest BCUT2D eigenvalue weighted by atomic mass is 10.0. The molecule has 21 heavy (non-hydrogen) atoms. The summed E-state index contributed by atoms with van der Waals surface area (Å²) >= 11 is 0. The van der Waals surface area contributed by atoms with Crippen LogP contribution >= 0.6 is 0 Å². The highest BCUT2D eigenvalue weighted by Gasteiger charge is 2.37. The van der Waals surface area contributed by atoms with Crippen molar-refractivity contribution < 1.29 is 26.3 Å². The molecule has 118 valence electrons. The molecule has 1 heterocycles. The van der Waals surface area contributed by atoms with Gasteiger partial charge in [-0.3, -0.25) is 4.90 Å². The van der Waals surface area contributed by atoms with Gasteiger partial charge in [-0.05, 0) is 17.7 Å². The summed E-state index contributed by atoms with van der Waals surface area (Å²) < 4.78 is 77.8. The molecule has 0 aromatic heterocycles. The molecule has 0 bridgehead atoms. The number of piperazine rings is 1. The van der Waals surface area contributed by atoms with Gasteiger partial charge in [-0.25, -0.2) is 13.2 Å². The summed E-state index contributed by atoms with van der Waals surface area (Å²) in [5.41, 5.74) is -1.73. The van der Waals surface area contributed by atoms with E-state index in [2.05, 4.69) is 5.32 Å². The molecule has 0 aliphatic carbocycles. The smallest absolute Gasteiger partial charge is 0.314 e. The summed E-state index contributed by atoms with van der Waals surface area (Å²) in [7, 11) is 0. The molecular formula is C13H14F6N2. The minimum absolute atomic E-state index is 0.222. The highest BCUT2D eigenvalue weighted by molar-refractivity contribution is 5.30. The fourth-order valence-corrected chi connectivity index (χ4v) is 2.42. The summed E-state index contributed by atoms with van der Waals surface area (Å²) in [6, 6.07) is 0.599. The molecule has 1 aliphatic rings. The zero-order valence-corrected chi connectivity index (χ0v) is 10.9. The van der Waals surface area contributed by atoms with Crippen LogP contribution in [0, 0.1) is 5.82 Å². The van der Waals surface area contributed by atoms with Crippen LogP contribution in [-0.4, -0.2) is 37.5 Å². The monoisotopic (exact) mass is 312 g/mol. The molecule has 1 fully saturated rings. The molecule has 0 amide bonds. The van der Waals surface area contributed by atoms with Crippen molar-refractivity contribution >= 4 is 0 Å². The summed E-state index contributed by atoms with van der Waals surface area (Å²) in [4.78, 5) is 1.41. The van der Waals surface area contributed by atoms with Crippen LogP contribution in [0.25, 0.3) is 0 Å². The lowest BCUT2D eigenvalue weighted by molar-refractivity contribution is -0.140. The number of halogens is 6. The fourth-order valence-electron chi connectivity index (χ4n) is 2.42. The van der Waals surface area contributed by atoms with E-state index in [0.29, 0.717) is 38.3 Å². The Morgan fingerprint density at radius 2 is 1.71 bits per heavy atom. The maximum absolute atomic E-state index is 13.3. The van der Waals surface area contributed by atoms with Gasteiger partial charge in [-0.15, -0.1) is 0 Å². The van der Waals surface area contributed by atoms with E-state index in [1.807, 2.05) is 0 Å². The first kappa shape index (κ1) is 16.1. The van der Waals surface area contributed by atoms with Crippen molar-refractivity contribution in [2.45, 2.75) is 18.6 Å². The van der Waals surface area contributed by atoms with Crippen molar-refractivity contribution in [1.29, 1.82) is 0 Å². The number of rotatable bonds is 3. The number of benzene rings is 1. The third-order valence-electron chi connectivity index (χ3n) is 3.42. The molecule has 1 aromatic carbocycles. The maximum atomic E-state index is 13.3. The summed E-state index contributed by atoms with van der Waals surface area (Å²) in [5, 5.41) is 2.98. The van der Waals surface area contributed by atoms with Crippen LogP contribution in [0.1, 0.15) is 17.2 Å². The SMILES string of the molecule is Fc1ccc([C@@H](C(F)F)N2CCNCC2)cc1C(F)(F)F. The molecule has 1 aliphatic heterocycles. The Hall–Kier alpha value is -1.28. The third-order valence-corrected chi connectivity index (χ3v) is 3.42. The van der Waals surface area contributed by atoms with Crippen LogP contribution in [0.3, 0.4) is 0 Å². The van der Waals surface area contributed by atoms with Gasteiger partial charge < -0.3 is 5.32 Å². The zero-order valence-electron chi connectivity index (χ0n) is 10.9. The fraction of sp³-hybridized carbons (Fsp3) is 0.538. The van der Waals surface area contributed by atoms with Crippen molar-refractivity contribution in [2.75, 3.05) is 26.2 Å². The lowest BCUT2D eigenvalue weighted by Crippen LogP contribution is -2.47. The average Bonchev–Trinajstić information content (AvgIpc) is 2.40. The number of nitrogens with one attached hydrogen (secondary N) is 1. The molecule has 0 unspecified atom stereocenters. The molecule has 8 heteroatoms. The quantitative estimate of drug-likeness (QED) is 0.863. The van der Waals surface area contributed by atoms with Gasteiger partial charge in [-0.2, -0.15) is 13.2 Å². The number of hydrogen-bond donors (Lipinski definition) is 1. The van der Waals surface area contributed by atoms with Crippen molar-refractivity contribution in [1.82, 2.24) is 10.2 Å². The largest absolute Gasteiger partial charge is 0.419 e. The molecule has 1 aromatic rings. The normalized spacial score (nSPS) is 19.0. The van der Waals surface area contributed by atoms with Crippen molar-refractivity contribution in [3.05, 3.63) is 35.1 Å². The van der Waals surface area contributed by atoms with Crippen molar-refractivity contribution in [3.8, 4) is 0 Å². The Labute approximate surface area is 117 Å². The predicted molar refractivity (Wildman–Crippen MR) is 64.6 cm³/mol. The van der Waals surface area contributed by atoms with E-state index in [-0.39, 0.29) is 5.56 Å². The van der Waals surface area contributed by atoms with E-state index >= 15 is 0 Å². The van der Waals surface area contributed by atoms with Gasteiger partial charge in [0.25, 0.3) is 6.43 Å². The predicted octanol–water partition coefficient (Wildman–Crippen LogP) is 3.06. The van der Waals surface area contributed by atoms with E-state index in [9.17, 15) is 26.3 Å². The Morgan fingerprint density at radius 1 is 1.10 bits per heavy atom. The van der Waals surface area contributed by atoms with Crippen LogP contribution in [0.5, 0.6) is 0 Å². The molecule has 0 spiro atoms. The number of alkyl halides is 5. The van der Waals surface area contributed by atoms with Crippen LogP contribution in [-0.2, 0) is 6.18 Å². The minimum Gasteiger partial charge on any atom is -0.314 e. The highest BCUT2D eigenvalue weighted by Crippen LogP contribution is 2.35. The number of hydrogen-bond acceptors (Lipinski definition) is 2. The zero-order chi connectivity index (χ0) is 15.6. The van der Waals surface area contributed by atoms with Crippen LogP contribution in [0.15, 0.2) is 18.2 Å². The lowest BCUT2D eigenvalue weighted by Gasteiger charge is -2.34. The van der Waals surface area contributed by atoms with Crippen molar-refractivity contribution in [2.24, 2.45) is 0 Å². The van der Waals surface area contributed by atoms with E-state index in [1.165, 1.54) is 4.90 Å². The molecular weight excluding hydrogens is 298 g/mol. The second-order valence-corrected chi connectivity index (χ2v) is 4.80. The Kier molecular flexibility index (Phi) is 4.77. The van der Waals surface area contributed by atoms with Gasteiger partial charge in [-0.1, -0.05) is 6.07 Å². The Morgan fingerprint density at radius 3 is 2.24 bits per heavy atom. The molecule has 1 saturated heterocycles. The Balaban J connectivity index is 2.36. The molecule has 0 saturated carbocycles. The van der Waals surface area contributed by atoms with E-state index in [0.717, 1.165) is 6.07 Å². The third kappa shape index (κ3) is 3.68. The molecule has 2 nitrogen and oxygen atoms in total. The van der Waals surface area contributed by atoms with Crippen LogP contribution < -0.4 is 5.32 Å². The van der Waals surface area contributed by atoms with Gasteiger partial charge in [0, 0.05) is 26.2 Å². The van der Waals surface area contributed by atoms with Gasteiger partial charge in [0.1, 0.15) is 5.82 Å². The minimum atomic E-state index is -4.91. The second kappa shape index (κ2) is 6.23. The van der Waals surface area contributed by atoms with Gasteiger partial charge in [0.15, 0.2) is 0 Å². The van der Waals surface area contributed by atoms with E-state index in [1.54, 1.807) is 0 Å². The molecule has 0 radical (unpaired) electrons. The van der Waals surface area contributed by atoms with Gasteiger partial charge >= 0.3 is 6.18 Å². The standard InChI is InChI=1S/C13H14F6N2/c14-10-2-1-8(7-9(10)13(17,18)19)11(12(15)16)21-5-3-20-4-6-21/h1-2,7,11-12,20H,3-6H2/t11-/m0/s1. The second-order valence-electron chi connectivity index (χ2n) is 4.80. The van der Waals surface area contributed by atoms with Crippen molar-refractivity contribution in [3.63, 3.8) is 0 Å². The topological polar surface area (TPSA) is 15.3 Å². The maximum Gasteiger partial charge on any atom is 0.419 e. The molecule has 1 N–H and O–H groups in total. The van der Waals surface area contributed by atoms with Gasteiger partial charge in [0.05, 0.1) is 11.6 Å². The van der Waals surface area contributed by atoms with E-state index in [4.69, 9.17) is 0 Å². The first-order valence-corrected chi connectivity index (χ1v) is 6.40. The van der Waals surface area contributed by atoms with Gasteiger partial charge in [0.2, 0.25) is 0 Å².